The zero-order valence-corrected chi connectivity index (χ0v) is 20.4. The van der Waals surface area contributed by atoms with Gasteiger partial charge in [-0.05, 0) is 44.7 Å². The summed E-state index contributed by atoms with van der Waals surface area (Å²) in [6.45, 7) is 12.0. The third-order valence-corrected chi connectivity index (χ3v) is 6.69. The first kappa shape index (κ1) is 24.3. The van der Waals surface area contributed by atoms with Gasteiger partial charge in [0, 0.05) is 19.1 Å². The molecule has 32 heavy (non-hydrogen) atoms. The van der Waals surface area contributed by atoms with Gasteiger partial charge in [-0.15, -0.1) is 0 Å². The molecule has 2 unspecified atom stereocenters. The van der Waals surface area contributed by atoms with E-state index in [1.807, 2.05) is 24.8 Å². The molecule has 0 radical (unpaired) electrons. The van der Waals surface area contributed by atoms with Crippen molar-refractivity contribution >= 4 is 11.8 Å². The van der Waals surface area contributed by atoms with E-state index >= 15 is 0 Å². The highest BCUT2D eigenvalue weighted by atomic mass is 16.2. The maximum Gasteiger partial charge on any atom is 0.271 e. The number of piperazine rings is 1. The molecule has 2 amide bonds. The third-order valence-electron chi connectivity index (χ3n) is 6.69. The smallest absolute Gasteiger partial charge is 0.271 e. The second-order valence-corrected chi connectivity index (χ2v) is 9.00. The summed E-state index contributed by atoms with van der Waals surface area (Å²) in [6, 6.07) is 8.89. The van der Waals surface area contributed by atoms with Crippen molar-refractivity contribution in [2.24, 2.45) is 0 Å². The van der Waals surface area contributed by atoms with Crippen LogP contribution in [0.3, 0.4) is 0 Å². The lowest BCUT2D eigenvalue weighted by Crippen LogP contribution is -2.58. The van der Waals surface area contributed by atoms with E-state index in [4.69, 9.17) is 0 Å². The van der Waals surface area contributed by atoms with Crippen LogP contribution in [0, 0.1) is 6.92 Å². The number of hydrazine groups is 1. The molecule has 3 aliphatic heterocycles. The van der Waals surface area contributed by atoms with Gasteiger partial charge in [0.25, 0.3) is 5.91 Å². The Bertz CT molecular complexity index is 820. The van der Waals surface area contributed by atoms with Gasteiger partial charge in [-0.1, -0.05) is 63.4 Å². The van der Waals surface area contributed by atoms with Crippen molar-refractivity contribution in [2.75, 3.05) is 19.6 Å². The lowest BCUT2D eigenvalue weighted by molar-refractivity contribution is -0.143. The second kappa shape index (κ2) is 11.0. The molecular weight excluding hydrogens is 400 g/mol. The molecule has 176 valence electrons. The molecule has 1 aromatic carbocycles. The molecule has 0 bridgehead atoms. The summed E-state index contributed by atoms with van der Waals surface area (Å²) < 4.78 is 0. The lowest BCUT2D eigenvalue weighted by atomic mass is 10.0. The van der Waals surface area contributed by atoms with Crippen LogP contribution in [-0.4, -0.2) is 58.3 Å². The number of unbranched alkanes of at least 4 members (excludes halogenated alkanes) is 1. The van der Waals surface area contributed by atoms with Gasteiger partial charge in [0.1, 0.15) is 12.2 Å². The zero-order chi connectivity index (χ0) is 23.3. The minimum atomic E-state index is -0.0370. The van der Waals surface area contributed by atoms with E-state index in [1.54, 1.807) is 4.90 Å². The molecule has 3 aliphatic rings. The van der Waals surface area contributed by atoms with Gasteiger partial charge in [-0.3, -0.25) is 14.6 Å². The number of hydrogen-bond acceptors (Lipinski definition) is 4. The van der Waals surface area contributed by atoms with Gasteiger partial charge < -0.3 is 9.80 Å². The van der Waals surface area contributed by atoms with E-state index in [0.717, 1.165) is 44.2 Å². The van der Waals surface area contributed by atoms with E-state index in [2.05, 4.69) is 55.5 Å². The quantitative estimate of drug-likeness (QED) is 0.721. The molecule has 0 aliphatic carbocycles. The van der Waals surface area contributed by atoms with E-state index in [0.29, 0.717) is 12.2 Å². The minimum Gasteiger partial charge on any atom is -0.338 e. The Morgan fingerprint density at radius 1 is 1.19 bits per heavy atom. The first-order valence-electron chi connectivity index (χ1n) is 12.4. The number of aryl methyl sites for hydroxylation is 1. The summed E-state index contributed by atoms with van der Waals surface area (Å²) in [7, 11) is 0. The standard InChI is InChI=1S/C24H34N4O2.C2H6/c1-4-5-8-20-15-26(16-23(29)27-13-6-7-18(27)3)24(30)22-14-21(25-28(20)22)19-11-9-17(2)10-12-19;1-2/h9-12,14,18,20-21,25H,4-8,13,15-16H2,1-3H3;1-2H3/t18-,20?,21?;/m0./s1. The van der Waals surface area contributed by atoms with Gasteiger partial charge >= 0.3 is 0 Å². The third kappa shape index (κ3) is 5.17. The molecule has 2 fully saturated rings. The number of nitrogens with one attached hydrogen (secondary N) is 1. The van der Waals surface area contributed by atoms with Crippen molar-refractivity contribution in [2.45, 2.75) is 84.8 Å². The largest absolute Gasteiger partial charge is 0.338 e. The van der Waals surface area contributed by atoms with Crippen molar-refractivity contribution in [3.63, 3.8) is 0 Å². The minimum absolute atomic E-state index is 0.0112. The van der Waals surface area contributed by atoms with Crippen LogP contribution in [0.1, 0.15) is 77.0 Å². The Balaban J connectivity index is 0.00000141. The number of benzene rings is 1. The molecule has 3 atom stereocenters. The van der Waals surface area contributed by atoms with Crippen molar-refractivity contribution in [1.29, 1.82) is 0 Å². The highest BCUT2D eigenvalue weighted by molar-refractivity contribution is 5.96. The van der Waals surface area contributed by atoms with Crippen LogP contribution in [0.25, 0.3) is 0 Å². The average molecular weight is 441 g/mol. The monoisotopic (exact) mass is 440 g/mol. The summed E-state index contributed by atoms with van der Waals surface area (Å²) in [4.78, 5) is 29.9. The number of carbonyl (C=O) groups is 2. The van der Waals surface area contributed by atoms with Crippen molar-refractivity contribution in [1.82, 2.24) is 20.2 Å². The molecule has 4 rings (SSSR count). The Morgan fingerprint density at radius 2 is 1.91 bits per heavy atom. The molecule has 0 saturated carbocycles. The predicted molar refractivity (Wildman–Crippen MR) is 129 cm³/mol. The van der Waals surface area contributed by atoms with Crippen molar-refractivity contribution in [3.8, 4) is 0 Å². The van der Waals surface area contributed by atoms with Crippen molar-refractivity contribution < 1.29 is 9.59 Å². The summed E-state index contributed by atoms with van der Waals surface area (Å²) in [5, 5.41) is 2.07. The average Bonchev–Trinajstić information content (AvgIpc) is 3.44. The first-order valence-corrected chi connectivity index (χ1v) is 12.4. The molecule has 2 saturated heterocycles. The van der Waals surface area contributed by atoms with E-state index in [9.17, 15) is 9.59 Å². The highest BCUT2D eigenvalue weighted by Gasteiger charge is 2.41. The van der Waals surface area contributed by atoms with Crippen LogP contribution in [0.15, 0.2) is 36.0 Å². The fourth-order valence-corrected chi connectivity index (χ4v) is 4.85. The van der Waals surface area contributed by atoms with Crippen LogP contribution in [-0.2, 0) is 9.59 Å². The number of likely N-dealkylation sites (tertiary alicyclic amines) is 1. The number of nitrogens with zero attached hydrogens (tertiary/aromatic N) is 3. The molecular formula is C26H40N4O2. The zero-order valence-electron chi connectivity index (χ0n) is 20.4. The molecule has 3 heterocycles. The van der Waals surface area contributed by atoms with Crippen molar-refractivity contribution in [3.05, 3.63) is 47.2 Å². The lowest BCUT2D eigenvalue weighted by Gasteiger charge is -2.42. The van der Waals surface area contributed by atoms with Crippen LogP contribution >= 0.6 is 0 Å². The first-order chi connectivity index (χ1) is 15.5. The van der Waals surface area contributed by atoms with Gasteiger partial charge in [-0.25, -0.2) is 5.43 Å². The normalized spacial score (nSPS) is 24.8. The van der Waals surface area contributed by atoms with Crippen LogP contribution in [0.5, 0.6) is 0 Å². The Labute approximate surface area is 193 Å². The fraction of sp³-hybridized carbons (Fsp3) is 0.615. The molecule has 0 aromatic heterocycles. The van der Waals surface area contributed by atoms with Crippen LogP contribution in [0.2, 0.25) is 0 Å². The predicted octanol–water partition coefficient (Wildman–Crippen LogP) is 4.18. The molecule has 0 spiro atoms. The van der Waals surface area contributed by atoms with Gasteiger partial charge in [0.15, 0.2) is 0 Å². The molecule has 6 heteroatoms. The molecule has 1 aromatic rings. The SMILES string of the molecule is CC.CCCCC1CN(CC(=O)N2CCC[C@@H]2C)C(=O)C2=CC(c3ccc(C)cc3)NN21. The van der Waals surface area contributed by atoms with Gasteiger partial charge in [-0.2, -0.15) is 0 Å². The van der Waals surface area contributed by atoms with Crippen LogP contribution < -0.4 is 5.43 Å². The van der Waals surface area contributed by atoms with Gasteiger partial charge in [0.2, 0.25) is 5.91 Å². The number of carbonyl (C=O) groups excluding carboxylic acids is 2. The maximum absolute atomic E-state index is 13.3. The van der Waals surface area contributed by atoms with E-state index in [1.165, 1.54) is 5.56 Å². The summed E-state index contributed by atoms with van der Waals surface area (Å²) in [5.41, 5.74) is 6.62. The van der Waals surface area contributed by atoms with E-state index in [-0.39, 0.29) is 36.5 Å². The maximum atomic E-state index is 13.3. The molecule has 6 nitrogen and oxygen atoms in total. The number of hydrogen-bond donors (Lipinski definition) is 1. The van der Waals surface area contributed by atoms with Crippen LogP contribution in [0.4, 0.5) is 0 Å². The van der Waals surface area contributed by atoms with E-state index < -0.39 is 0 Å². The topological polar surface area (TPSA) is 55.9 Å². The summed E-state index contributed by atoms with van der Waals surface area (Å²) in [5.74, 6) is 0.0442. The Morgan fingerprint density at radius 3 is 2.53 bits per heavy atom. The number of fused-ring (bicyclic) bond motifs is 1. The summed E-state index contributed by atoms with van der Waals surface area (Å²) in [6.07, 6.45) is 7.36. The molecule has 1 N–H and O–H groups in total. The fourth-order valence-electron chi connectivity index (χ4n) is 4.85. The summed E-state index contributed by atoms with van der Waals surface area (Å²) >= 11 is 0. The second-order valence-electron chi connectivity index (χ2n) is 9.00. The number of amides is 2. The Hall–Kier alpha value is -2.34. The Kier molecular flexibility index (Phi) is 8.35. The number of rotatable bonds is 6. The van der Waals surface area contributed by atoms with Gasteiger partial charge in [0.05, 0.1) is 12.1 Å². The highest BCUT2D eigenvalue weighted by Crippen LogP contribution is 2.32.